The number of benzene rings is 1. The van der Waals surface area contributed by atoms with Gasteiger partial charge in [-0.15, -0.1) is 0 Å². The van der Waals surface area contributed by atoms with Crippen molar-refractivity contribution in [3.05, 3.63) is 35.9 Å². The van der Waals surface area contributed by atoms with Gasteiger partial charge in [-0.3, -0.25) is 0 Å². The minimum atomic E-state index is 0.503. The van der Waals surface area contributed by atoms with E-state index in [1.165, 1.54) is 0 Å². The molecule has 0 atom stereocenters. The zero-order valence-electron chi connectivity index (χ0n) is 13.4. The van der Waals surface area contributed by atoms with Gasteiger partial charge in [-0.25, -0.2) is 4.98 Å². The molecule has 1 saturated heterocycles. The van der Waals surface area contributed by atoms with E-state index in [1.54, 1.807) is 14.2 Å². The normalized spacial score (nSPS) is 15.8. The van der Waals surface area contributed by atoms with Crippen molar-refractivity contribution in [3.63, 3.8) is 0 Å². The Bertz CT molecular complexity index is 645. The highest BCUT2D eigenvalue weighted by atomic mass is 16.5. The standard InChI is InChI=1S/C17H23N3O2/c1-12-11-19-17(13-6-8-18-9-7-13)20(12)14-4-5-15(21-2)16(10-14)22-3/h4-5,10-11,13,18H,6-9H2,1-3H3. The van der Waals surface area contributed by atoms with Gasteiger partial charge in [0.05, 0.1) is 19.9 Å². The first kappa shape index (κ1) is 14.9. The molecule has 0 spiro atoms. The summed E-state index contributed by atoms with van der Waals surface area (Å²) in [5.74, 6) is 3.13. The van der Waals surface area contributed by atoms with E-state index in [0.29, 0.717) is 5.92 Å². The highest BCUT2D eigenvalue weighted by Crippen LogP contribution is 2.32. The van der Waals surface area contributed by atoms with Gasteiger partial charge in [0.2, 0.25) is 0 Å². The SMILES string of the molecule is COc1ccc(-n2c(C)cnc2C2CCNCC2)cc1OC. The molecular weight excluding hydrogens is 278 g/mol. The molecule has 0 saturated carbocycles. The Morgan fingerprint density at radius 3 is 2.55 bits per heavy atom. The van der Waals surface area contributed by atoms with E-state index in [1.807, 2.05) is 18.3 Å². The smallest absolute Gasteiger partial charge is 0.162 e. The zero-order valence-corrected chi connectivity index (χ0v) is 13.4. The summed E-state index contributed by atoms with van der Waals surface area (Å²) >= 11 is 0. The summed E-state index contributed by atoms with van der Waals surface area (Å²) in [7, 11) is 3.32. The van der Waals surface area contributed by atoms with Crippen molar-refractivity contribution in [1.29, 1.82) is 0 Å². The van der Waals surface area contributed by atoms with Crippen LogP contribution in [0.2, 0.25) is 0 Å². The number of aromatic nitrogens is 2. The van der Waals surface area contributed by atoms with Crippen molar-refractivity contribution in [2.24, 2.45) is 0 Å². The van der Waals surface area contributed by atoms with Gasteiger partial charge in [-0.2, -0.15) is 0 Å². The Hall–Kier alpha value is -2.01. The van der Waals surface area contributed by atoms with Gasteiger partial charge in [0.1, 0.15) is 5.82 Å². The minimum absolute atomic E-state index is 0.503. The van der Waals surface area contributed by atoms with Crippen molar-refractivity contribution >= 4 is 0 Å². The molecule has 1 aromatic carbocycles. The molecule has 2 aromatic rings. The number of aryl methyl sites for hydroxylation is 1. The first-order valence-corrected chi connectivity index (χ1v) is 7.72. The number of nitrogens with one attached hydrogen (secondary N) is 1. The van der Waals surface area contributed by atoms with E-state index >= 15 is 0 Å². The molecule has 0 aliphatic carbocycles. The van der Waals surface area contributed by atoms with Crippen LogP contribution in [0.1, 0.15) is 30.3 Å². The molecule has 1 aromatic heterocycles. The molecule has 22 heavy (non-hydrogen) atoms. The number of rotatable bonds is 4. The third-order valence-corrected chi connectivity index (χ3v) is 4.30. The molecular formula is C17H23N3O2. The first-order chi connectivity index (χ1) is 10.7. The Balaban J connectivity index is 2.02. The molecule has 3 rings (SSSR count). The number of hydrogen-bond acceptors (Lipinski definition) is 4. The van der Waals surface area contributed by atoms with Gasteiger partial charge in [-0.05, 0) is 45.0 Å². The van der Waals surface area contributed by atoms with E-state index in [2.05, 4.69) is 27.9 Å². The molecule has 0 bridgehead atoms. The van der Waals surface area contributed by atoms with Crippen LogP contribution in [0.5, 0.6) is 11.5 Å². The summed E-state index contributed by atoms with van der Waals surface area (Å²) < 4.78 is 13.0. The van der Waals surface area contributed by atoms with E-state index in [4.69, 9.17) is 9.47 Å². The summed E-state index contributed by atoms with van der Waals surface area (Å²) in [6.45, 7) is 4.21. The van der Waals surface area contributed by atoms with Crippen LogP contribution in [-0.4, -0.2) is 36.9 Å². The third-order valence-electron chi connectivity index (χ3n) is 4.30. The molecule has 1 aliphatic rings. The predicted molar refractivity (Wildman–Crippen MR) is 86.2 cm³/mol. The number of nitrogens with zero attached hydrogens (tertiary/aromatic N) is 2. The fraction of sp³-hybridized carbons (Fsp3) is 0.471. The van der Waals surface area contributed by atoms with Gasteiger partial charge < -0.3 is 19.4 Å². The maximum Gasteiger partial charge on any atom is 0.162 e. The van der Waals surface area contributed by atoms with Crippen molar-refractivity contribution in [2.45, 2.75) is 25.7 Å². The second-order valence-electron chi connectivity index (χ2n) is 5.66. The molecule has 118 valence electrons. The monoisotopic (exact) mass is 301 g/mol. The lowest BCUT2D eigenvalue weighted by Crippen LogP contribution is -2.28. The Morgan fingerprint density at radius 2 is 1.86 bits per heavy atom. The van der Waals surface area contributed by atoms with E-state index in [-0.39, 0.29) is 0 Å². The molecule has 5 nitrogen and oxygen atoms in total. The largest absolute Gasteiger partial charge is 0.493 e. The van der Waals surface area contributed by atoms with E-state index < -0.39 is 0 Å². The van der Waals surface area contributed by atoms with Crippen LogP contribution in [0.15, 0.2) is 24.4 Å². The van der Waals surface area contributed by atoms with Crippen molar-refractivity contribution in [2.75, 3.05) is 27.3 Å². The van der Waals surface area contributed by atoms with E-state index in [9.17, 15) is 0 Å². The maximum absolute atomic E-state index is 5.43. The topological polar surface area (TPSA) is 48.3 Å². The fourth-order valence-corrected chi connectivity index (χ4v) is 3.12. The van der Waals surface area contributed by atoms with Crippen LogP contribution in [0.25, 0.3) is 5.69 Å². The predicted octanol–water partition coefficient (Wildman–Crippen LogP) is 2.66. The molecule has 0 unspecified atom stereocenters. The number of imidazole rings is 1. The average molecular weight is 301 g/mol. The molecule has 1 N–H and O–H groups in total. The lowest BCUT2D eigenvalue weighted by atomic mass is 9.97. The van der Waals surface area contributed by atoms with Crippen molar-refractivity contribution < 1.29 is 9.47 Å². The second kappa shape index (κ2) is 6.40. The zero-order chi connectivity index (χ0) is 15.5. The Morgan fingerprint density at radius 1 is 1.14 bits per heavy atom. The lowest BCUT2D eigenvalue weighted by molar-refractivity contribution is 0.354. The van der Waals surface area contributed by atoms with Crippen molar-refractivity contribution in [3.8, 4) is 17.2 Å². The van der Waals surface area contributed by atoms with Gasteiger partial charge in [0.25, 0.3) is 0 Å². The molecule has 5 heteroatoms. The van der Waals surface area contributed by atoms with Crippen LogP contribution in [0.3, 0.4) is 0 Å². The molecule has 1 fully saturated rings. The molecule has 1 aliphatic heterocycles. The number of ether oxygens (including phenoxy) is 2. The fourth-order valence-electron chi connectivity index (χ4n) is 3.12. The highest BCUT2D eigenvalue weighted by molar-refractivity contribution is 5.50. The Kier molecular flexibility index (Phi) is 4.34. The first-order valence-electron chi connectivity index (χ1n) is 7.72. The molecule has 0 amide bonds. The van der Waals surface area contributed by atoms with Gasteiger partial charge in [0, 0.05) is 23.9 Å². The summed E-state index contributed by atoms with van der Waals surface area (Å²) in [4.78, 5) is 4.68. The van der Waals surface area contributed by atoms with Crippen LogP contribution in [-0.2, 0) is 0 Å². The van der Waals surface area contributed by atoms with Crippen LogP contribution in [0.4, 0.5) is 0 Å². The van der Waals surface area contributed by atoms with Crippen LogP contribution >= 0.6 is 0 Å². The molecule has 0 radical (unpaired) electrons. The third kappa shape index (κ3) is 2.68. The second-order valence-corrected chi connectivity index (χ2v) is 5.66. The van der Waals surface area contributed by atoms with Gasteiger partial charge in [-0.1, -0.05) is 0 Å². The van der Waals surface area contributed by atoms with Gasteiger partial charge in [0.15, 0.2) is 11.5 Å². The summed E-state index contributed by atoms with van der Waals surface area (Å²) in [5, 5.41) is 3.41. The molecule has 2 heterocycles. The maximum atomic E-state index is 5.43. The van der Waals surface area contributed by atoms with E-state index in [0.717, 1.165) is 54.6 Å². The number of hydrogen-bond donors (Lipinski definition) is 1. The van der Waals surface area contributed by atoms with Crippen molar-refractivity contribution in [1.82, 2.24) is 14.9 Å². The summed E-state index contributed by atoms with van der Waals surface area (Å²) in [6.07, 6.45) is 4.21. The van der Waals surface area contributed by atoms with Crippen LogP contribution in [0, 0.1) is 6.92 Å². The number of methoxy groups -OCH3 is 2. The average Bonchev–Trinajstić information content (AvgIpc) is 2.96. The summed E-state index contributed by atoms with van der Waals surface area (Å²) in [5.41, 5.74) is 2.21. The Labute approximate surface area is 131 Å². The minimum Gasteiger partial charge on any atom is -0.493 e. The van der Waals surface area contributed by atoms with Crippen LogP contribution < -0.4 is 14.8 Å². The quantitative estimate of drug-likeness (QED) is 0.943. The number of piperidine rings is 1. The summed E-state index contributed by atoms with van der Waals surface area (Å²) in [6, 6.07) is 6.01. The lowest BCUT2D eigenvalue weighted by Gasteiger charge is -2.24. The van der Waals surface area contributed by atoms with Gasteiger partial charge >= 0.3 is 0 Å². The highest BCUT2D eigenvalue weighted by Gasteiger charge is 2.22.